The van der Waals surface area contributed by atoms with Gasteiger partial charge < -0.3 is 15.7 Å². The number of carbonyl (C=O) groups is 2. The van der Waals surface area contributed by atoms with Crippen molar-refractivity contribution in [1.82, 2.24) is 5.32 Å². The van der Waals surface area contributed by atoms with Gasteiger partial charge in [-0.15, -0.1) is 0 Å². The quantitative estimate of drug-likeness (QED) is 0.409. The van der Waals surface area contributed by atoms with Crippen molar-refractivity contribution in [2.45, 2.75) is 13.0 Å². The first kappa shape index (κ1) is 21.0. The van der Waals surface area contributed by atoms with Gasteiger partial charge in [0.15, 0.2) is 0 Å². The highest BCUT2D eigenvalue weighted by atomic mass is 127. The summed E-state index contributed by atoms with van der Waals surface area (Å²) in [5, 5.41) is 15.7. The third-order valence-corrected chi connectivity index (χ3v) is 5.12. The van der Waals surface area contributed by atoms with Gasteiger partial charge in [-0.2, -0.15) is 0 Å². The number of amides is 2. The van der Waals surface area contributed by atoms with Crippen LogP contribution >= 0.6 is 45.8 Å². The molecule has 2 aromatic carbocycles. The Morgan fingerprint density at radius 1 is 1.12 bits per heavy atom. The molecule has 5 nitrogen and oxygen atoms in total. The summed E-state index contributed by atoms with van der Waals surface area (Å²) in [5.74, 6) is -1.96. The second kappa shape index (κ2) is 9.55. The number of hydrogen-bond acceptors (Lipinski definition) is 3. The number of rotatable bonds is 6. The molecule has 0 heterocycles. The van der Waals surface area contributed by atoms with E-state index in [1.165, 1.54) is 6.92 Å². The molecule has 0 fully saturated rings. The number of anilines is 1. The summed E-state index contributed by atoms with van der Waals surface area (Å²) in [5.41, 5.74) is 1.20. The maximum Gasteiger partial charge on any atom is 0.236 e. The first-order valence-corrected chi connectivity index (χ1v) is 9.58. The van der Waals surface area contributed by atoms with Crippen LogP contribution in [0.3, 0.4) is 0 Å². The fourth-order valence-corrected chi connectivity index (χ4v) is 3.56. The zero-order chi connectivity index (χ0) is 19.3. The number of nitrogens with one attached hydrogen (secondary N) is 2. The van der Waals surface area contributed by atoms with Crippen LogP contribution in [0.15, 0.2) is 42.5 Å². The van der Waals surface area contributed by atoms with Crippen LogP contribution in [0.25, 0.3) is 0 Å². The van der Waals surface area contributed by atoms with Crippen molar-refractivity contribution >= 4 is 63.3 Å². The Morgan fingerprint density at radius 2 is 1.73 bits per heavy atom. The van der Waals surface area contributed by atoms with Gasteiger partial charge >= 0.3 is 0 Å². The van der Waals surface area contributed by atoms with Gasteiger partial charge in [-0.1, -0.05) is 41.4 Å². The van der Waals surface area contributed by atoms with E-state index >= 15 is 0 Å². The topological polar surface area (TPSA) is 78.4 Å². The number of halogens is 3. The maximum atomic E-state index is 12.4. The maximum absolute atomic E-state index is 12.4. The minimum atomic E-state index is -0.969. The second-order valence-corrected chi connectivity index (χ2v) is 7.67. The van der Waals surface area contributed by atoms with Crippen LogP contribution in [0.1, 0.15) is 18.5 Å². The van der Waals surface area contributed by atoms with Crippen LogP contribution in [-0.2, 0) is 9.59 Å². The van der Waals surface area contributed by atoms with Crippen LogP contribution in [0.2, 0.25) is 10.0 Å². The van der Waals surface area contributed by atoms with Gasteiger partial charge in [0.1, 0.15) is 5.92 Å². The monoisotopic (exact) mass is 506 g/mol. The average Bonchev–Trinajstić information content (AvgIpc) is 2.58. The Morgan fingerprint density at radius 3 is 2.31 bits per heavy atom. The molecule has 3 N–H and O–H groups in total. The standard InChI is InChI=1S/C18H17Cl2IN2O3/c1-10(17(25)22-13-7-11(19)6-12(20)8-13)18(26)23-16(9-24)14-4-2-3-5-15(14)21/h2-8,10,16,24H,9H2,1H3,(H,22,25)(H,23,26). The smallest absolute Gasteiger partial charge is 0.236 e. The zero-order valence-corrected chi connectivity index (χ0v) is 17.5. The Hall–Kier alpha value is -1.35. The van der Waals surface area contributed by atoms with E-state index in [1.807, 2.05) is 24.3 Å². The first-order chi connectivity index (χ1) is 12.3. The molecule has 26 heavy (non-hydrogen) atoms. The Kier molecular flexibility index (Phi) is 7.69. The minimum absolute atomic E-state index is 0.274. The molecule has 0 aromatic heterocycles. The number of aliphatic hydroxyl groups is 1. The van der Waals surface area contributed by atoms with Crippen LogP contribution in [0.4, 0.5) is 5.69 Å². The van der Waals surface area contributed by atoms with Crippen molar-refractivity contribution < 1.29 is 14.7 Å². The SMILES string of the molecule is CC(C(=O)Nc1cc(Cl)cc(Cl)c1)C(=O)NC(CO)c1ccccc1I. The highest BCUT2D eigenvalue weighted by molar-refractivity contribution is 14.1. The molecule has 0 radical (unpaired) electrons. The molecule has 2 rings (SSSR count). The molecule has 2 aromatic rings. The van der Waals surface area contributed by atoms with Gasteiger partial charge in [-0.05, 0) is 59.3 Å². The fourth-order valence-electron chi connectivity index (χ4n) is 2.27. The van der Waals surface area contributed by atoms with E-state index in [2.05, 4.69) is 33.2 Å². The van der Waals surface area contributed by atoms with Gasteiger partial charge in [0, 0.05) is 19.3 Å². The normalized spacial score (nSPS) is 13.0. The van der Waals surface area contributed by atoms with Crippen molar-refractivity contribution in [2.24, 2.45) is 5.92 Å². The zero-order valence-electron chi connectivity index (χ0n) is 13.8. The summed E-state index contributed by atoms with van der Waals surface area (Å²) in [7, 11) is 0. The molecule has 0 aliphatic rings. The molecule has 0 saturated heterocycles. The highest BCUT2D eigenvalue weighted by Gasteiger charge is 2.25. The lowest BCUT2D eigenvalue weighted by Gasteiger charge is -2.20. The van der Waals surface area contributed by atoms with Crippen molar-refractivity contribution in [1.29, 1.82) is 0 Å². The van der Waals surface area contributed by atoms with Crippen molar-refractivity contribution in [3.05, 3.63) is 61.6 Å². The molecular formula is C18H17Cl2IN2O3. The predicted molar refractivity (Wildman–Crippen MR) is 111 cm³/mol. The summed E-state index contributed by atoms with van der Waals surface area (Å²) >= 11 is 13.9. The molecule has 2 amide bonds. The van der Waals surface area contributed by atoms with E-state index in [0.717, 1.165) is 9.13 Å². The minimum Gasteiger partial charge on any atom is -0.394 e. The third kappa shape index (κ3) is 5.57. The van der Waals surface area contributed by atoms with Gasteiger partial charge in [0.2, 0.25) is 11.8 Å². The summed E-state index contributed by atoms with van der Waals surface area (Å²) in [4.78, 5) is 24.8. The summed E-state index contributed by atoms with van der Waals surface area (Å²) < 4.78 is 0.912. The van der Waals surface area contributed by atoms with Gasteiger partial charge in [0.25, 0.3) is 0 Å². The van der Waals surface area contributed by atoms with E-state index < -0.39 is 23.8 Å². The van der Waals surface area contributed by atoms with Crippen LogP contribution in [0.5, 0.6) is 0 Å². The molecule has 2 atom stereocenters. The molecule has 0 aliphatic carbocycles. The average molecular weight is 507 g/mol. The molecular weight excluding hydrogens is 490 g/mol. The molecule has 0 aliphatic heterocycles. The van der Waals surface area contributed by atoms with Gasteiger partial charge in [-0.3, -0.25) is 9.59 Å². The summed E-state index contributed by atoms with van der Waals surface area (Å²) in [6, 6.07) is 11.4. The van der Waals surface area contributed by atoms with Gasteiger partial charge in [0.05, 0.1) is 12.6 Å². The number of benzene rings is 2. The highest BCUT2D eigenvalue weighted by Crippen LogP contribution is 2.23. The largest absolute Gasteiger partial charge is 0.394 e. The lowest BCUT2D eigenvalue weighted by atomic mass is 10.1. The van der Waals surface area contributed by atoms with Crippen molar-refractivity contribution in [3.8, 4) is 0 Å². The van der Waals surface area contributed by atoms with E-state index in [4.69, 9.17) is 23.2 Å². The van der Waals surface area contributed by atoms with E-state index in [-0.39, 0.29) is 6.61 Å². The first-order valence-electron chi connectivity index (χ1n) is 7.74. The summed E-state index contributed by atoms with van der Waals surface area (Å²) in [6.45, 7) is 1.21. The Bertz CT molecular complexity index is 797. The van der Waals surface area contributed by atoms with Crippen LogP contribution in [0, 0.1) is 9.49 Å². The van der Waals surface area contributed by atoms with E-state index in [1.54, 1.807) is 18.2 Å². The van der Waals surface area contributed by atoms with Crippen molar-refractivity contribution in [3.63, 3.8) is 0 Å². The van der Waals surface area contributed by atoms with E-state index in [9.17, 15) is 14.7 Å². The molecule has 8 heteroatoms. The van der Waals surface area contributed by atoms with E-state index in [0.29, 0.717) is 15.7 Å². The molecule has 0 spiro atoms. The predicted octanol–water partition coefficient (Wildman–Crippen LogP) is 4.02. The van der Waals surface area contributed by atoms with Crippen molar-refractivity contribution in [2.75, 3.05) is 11.9 Å². The summed E-state index contributed by atoms with van der Waals surface area (Å²) in [6.07, 6.45) is 0. The lowest BCUT2D eigenvalue weighted by Crippen LogP contribution is -2.39. The molecule has 0 bridgehead atoms. The number of aliphatic hydroxyl groups excluding tert-OH is 1. The lowest BCUT2D eigenvalue weighted by molar-refractivity contribution is -0.132. The second-order valence-electron chi connectivity index (χ2n) is 5.63. The third-order valence-electron chi connectivity index (χ3n) is 3.70. The Balaban J connectivity index is 2.05. The van der Waals surface area contributed by atoms with Crippen LogP contribution in [-0.4, -0.2) is 23.5 Å². The molecule has 2 unspecified atom stereocenters. The molecule has 138 valence electrons. The molecule has 0 saturated carbocycles. The Labute approximate surface area is 175 Å². The number of carbonyl (C=O) groups excluding carboxylic acids is 2. The fraction of sp³-hybridized carbons (Fsp3) is 0.222. The number of hydrogen-bond donors (Lipinski definition) is 3. The van der Waals surface area contributed by atoms with Crippen LogP contribution < -0.4 is 10.6 Å². The van der Waals surface area contributed by atoms with Gasteiger partial charge in [-0.25, -0.2) is 0 Å².